The average molecular weight is 220 g/mol. The van der Waals surface area contributed by atoms with Gasteiger partial charge in [0.25, 0.3) is 0 Å². The van der Waals surface area contributed by atoms with Crippen molar-refractivity contribution in [1.29, 1.82) is 0 Å². The van der Waals surface area contributed by atoms with Gasteiger partial charge in [0.2, 0.25) is 0 Å². The summed E-state index contributed by atoms with van der Waals surface area (Å²) in [6.07, 6.45) is 1.24. The van der Waals surface area contributed by atoms with Crippen LogP contribution in [0.4, 0.5) is 4.79 Å². The Labute approximate surface area is 94.7 Å². The summed E-state index contributed by atoms with van der Waals surface area (Å²) in [7, 11) is 0. The molecule has 1 amide bonds. The van der Waals surface area contributed by atoms with Crippen molar-refractivity contribution in [2.75, 3.05) is 6.54 Å². The maximum Gasteiger partial charge on any atom is 0.408 e. The van der Waals surface area contributed by atoms with Crippen molar-refractivity contribution in [1.82, 2.24) is 4.90 Å². The third-order valence-electron chi connectivity index (χ3n) is 3.11. The molecule has 4 heteroatoms. The average Bonchev–Trinajstić information content (AvgIpc) is 2.61. The van der Waals surface area contributed by atoms with Crippen molar-refractivity contribution in [2.45, 2.75) is 24.9 Å². The van der Waals surface area contributed by atoms with Crippen LogP contribution < -0.4 is 5.73 Å². The Morgan fingerprint density at radius 3 is 2.75 bits per heavy atom. The minimum Gasteiger partial charge on any atom is -0.465 e. The van der Waals surface area contributed by atoms with Crippen LogP contribution in [-0.4, -0.2) is 28.3 Å². The van der Waals surface area contributed by atoms with Gasteiger partial charge in [-0.2, -0.15) is 0 Å². The fraction of sp³-hybridized carbons (Fsp3) is 0.417. The van der Waals surface area contributed by atoms with Crippen molar-refractivity contribution < 1.29 is 9.90 Å². The van der Waals surface area contributed by atoms with Crippen LogP contribution in [0.3, 0.4) is 0 Å². The quantitative estimate of drug-likeness (QED) is 0.796. The van der Waals surface area contributed by atoms with Crippen LogP contribution in [0.2, 0.25) is 0 Å². The van der Waals surface area contributed by atoms with Gasteiger partial charge in [-0.3, -0.25) is 4.90 Å². The normalized spacial score (nSPS) is 24.7. The Hall–Kier alpha value is -1.55. The van der Waals surface area contributed by atoms with Crippen LogP contribution in [-0.2, 0) is 6.42 Å². The van der Waals surface area contributed by atoms with Gasteiger partial charge < -0.3 is 10.8 Å². The summed E-state index contributed by atoms with van der Waals surface area (Å²) in [5.74, 6) is 0. The first-order chi connectivity index (χ1) is 7.62. The molecule has 2 rings (SSSR count). The maximum atomic E-state index is 11.1. The minimum atomic E-state index is -0.920. The number of hydrogen-bond acceptors (Lipinski definition) is 2. The summed E-state index contributed by atoms with van der Waals surface area (Å²) >= 11 is 0. The topological polar surface area (TPSA) is 66.6 Å². The molecule has 0 bridgehead atoms. The highest BCUT2D eigenvalue weighted by Gasteiger charge is 2.40. The number of amides is 1. The standard InChI is InChI=1S/C12H16N2O2/c13-12(7-4-8-14(12)11(15)16)9-10-5-2-1-3-6-10/h1-3,5-6H,4,7-9,13H2,(H,15,16). The minimum absolute atomic E-state index is 0.540. The Morgan fingerprint density at radius 1 is 1.44 bits per heavy atom. The lowest BCUT2D eigenvalue weighted by Crippen LogP contribution is -2.55. The van der Waals surface area contributed by atoms with Crippen LogP contribution in [0.25, 0.3) is 0 Å². The molecule has 1 heterocycles. The molecule has 1 atom stereocenters. The number of carbonyl (C=O) groups is 1. The molecule has 86 valence electrons. The molecule has 0 radical (unpaired) electrons. The Morgan fingerprint density at radius 2 is 2.12 bits per heavy atom. The lowest BCUT2D eigenvalue weighted by molar-refractivity contribution is 0.104. The molecule has 1 unspecified atom stereocenters. The van der Waals surface area contributed by atoms with E-state index in [2.05, 4.69) is 0 Å². The molecule has 4 nitrogen and oxygen atoms in total. The van der Waals surface area contributed by atoms with Gasteiger partial charge in [-0.15, -0.1) is 0 Å². The molecule has 1 aromatic rings. The Kier molecular flexibility index (Phi) is 2.83. The second-order valence-corrected chi connectivity index (χ2v) is 4.30. The summed E-state index contributed by atoms with van der Waals surface area (Å²) in [4.78, 5) is 12.4. The molecular formula is C12H16N2O2. The third kappa shape index (κ3) is 2.02. The first kappa shape index (κ1) is 11.0. The highest BCUT2D eigenvalue weighted by molar-refractivity contribution is 5.66. The number of benzene rings is 1. The summed E-state index contributed by atoms with van der Waals surface area (Å²) in [6.45, 7) is 0.540. The molecule has 1 aliphatic rings. The highest BCUT2D eigenvalue weighted by Crippen LogP contribution is 2.27. The predicted molar refractivity (Wildman–Crippen MR) is 61.0 cm³/mol. The van der Waals surface area contributed by atoms with E-state index in [0.717, 1.165) is 18.4 Å². The number of nitrogens with zero attached hydrogens (tertiary/aromatic N) is 1. The molecule has 0 aliphatic carbocycles. The molecule has 1 saturated heterocycles. The molecule has 16 heavy (non-hydrogen) atoms. The first-order valence-electron chi connectivity index (χ1n) is 5.45. The molecule has 0 saturated carbocycles. The van der Waals surface area contributed by atoms with Crippen molar-refractivity contribution in [2.24, 2.45) is 5.73 Å². The summed E-state index contributed by atoms with van der Waals surface area (Å²) in [5.41, 5.74) is 6.53. The molecule has 1 aromatic carbocycles. The molecule has 0 aromatic heterocycles. The highest BCUT2D eigenvalue weighted by atomic mass is 16.4. The Bertz CT molecular complexity index is 380. The summed E-state index contributed by atoms with van der Waals surface area (Å²) in [6, 6.07) is 9.79. The van der Waals surface area contributed by atoms with E-state index in [4.69, 9.17) is 10.8 Å². The predicted octanol–water partition coefficient (Wildman–Crippen LogP) is 1.66. The van der Waals surface area contributed by atoms with E-state index in [0.29, 0.717) is 13.0 Å². The van der Waals surface area contributed by atoms with Gasteiger partial charge in [0, 0.05) is 13.0 Å². The van der Waals surface area contributed by atoms with Crippen LogP contribution in [0, 0.1) is 0 Å². The fourth-order valence-corrected chi connectivity index (χ4v) is 2.32. The summed E-state index contributed by atoms with van der Waals surface area (Å²) < 4.78 is 0. The second kappa shape index (κ2) is 4.14. The van der Waals surface area contributed by atoms with Gasteiger partial charge in [0.15, 0.2) is 0 Å². The number of likely N-dealkylation sites (tertiary alicyclic amines) is 1. The van der Waals surface area contributed by atoms with E-state index in [-0.39, 0.29) is 0 Å². The van der Waals surface area contributed by atoms with E-state index in [1.807, 2.05) is 30.3 Å². The van der Waals surface area contributed by atoms with Crippen molar-refractivity contribution in [3.63, 3.8) is 0 Å². The van der Waals surface area contributed by atoms with Crippen molar-refractivity contribution in [3.05, 3.63) is 35.9 Å². The van der Waals surface area contributed by atoms with Gasteiger partial charge in [0.05, 0.1) is 5.66 Å². The summed E-state index contributed by atoms with van der Waals surface area (Å²) in [5, 5.41) is 9.07. The fourth-order valence-electron chi connectivity index (χ4n) is 2.32. The number of carboxylic acid groups (broad SMARTS) is 1. The lowest BCUT2D eigenvalue weighted by Gasteiger charge is -2.33. The van der Waals surface area contributed by atoms with Crippen LogP contribution in [0.5, 0.6) is 0 Å². The van der Waals surface area contributed by atoms with Gasteiger partial charge in [-0.1, -0.05) is 30.3 Å². The molecule has 1 fully saturated rings. The molecule has 0 spiro atoms. The van der Waals surface area contributed by atoms with Crippen molar-refractivity contribution >= 4 is 6.09 Å². The van der Waals surface area contributed by atoms with Crippen LogP contribution in [0.15, 0.2) is 30.3 Å². The zero-order chi connectivity index (χ0) is 11.6. The zero-order valence-corrected chi connectivity index (χ0v) is 9.10. The lowest BCUT2D eigenvalue weighted by atomic mass is 9.98. The van der Waals surface area contributed by atoms with E-state index in [1.165, 1.54) is 4.90 Å². The number of hydrogen-bond donors (Lipinski definition) is 2. The van der Waals surface area contributed by atoms with Gasteiger partial charge in [0.1, 0.15) is 0 Å². The second-order valence-electron chi connectivity index (χ2n) is 4.30. The largest absolute Gasteiger partial charge is 0.465 e. The SMILES string of the molecule is NC1(Cc2ccccc2)CCCN1C(=O)O. The molecular weight excluding hydrogens is 204 g/mol. The molecule has 3 N–H and O–H groups in total. The zero-order valence-electron chi connectivity index (χ0n) is 9.10. The van der Waals surface area contributed by atoms with E-state index < -0.39 is 11.8 Å². The van der Waals surface area contributed by atoms with Gasteiger partial charge >= 0.3 is 6.09 Å². The maximum absolute atomic E-state index is 11.1. The van der Waals surface area contributed by atoms with E-state index in [9.17, 15) is 4.79 Å². The van der Waals surface area contributed by atoms with Gasteiger partial charge in [-0.25, -0.2) is 4.79 Å². The third-order valence-corrected chi connectivity index (χ3v) is 3.11. The molecule has 1 aliphatic heterocycles. The van der Waals surface area contributed by atoms with Crippen LogP contribution >= 0.6 is 0 Å². The number of nitrogens with two attached hydrogens (primary N) is 1. The smallest absolute Gasteiger partial charge is 0.408 e. The van der Waals surface area contributed by atoms with E-state index in [1.54, 1.807) is 0 Å². The van der Waals surface area contributed by atoms with Gasteiger partial charge in [-0.05, 0) is 18.4 Å². The van der Waals surface area contributed by atoms with E-state index >= 15 is 0 Å². The Balaban J connectivity index is 2.16. The van der Waals surface area contributed by atoms with Crippen LogP contribution in [0.1, 0.15) is 18.4 Å². The number of rotatable bonds is 2. The first-order valence-corrected chi connectivity index (χ1v) is 5.45. The van der Waals surface area contributed by atoms with Crippen molar-refractivity contribution in [3.8, 4) is 0 Å². The monoisotopic (exact) mass is 220 g/mol.